The van der Waals surface area contributed by atoms with Crippen LogP contribution in [0.2, 0.25) is 0 Å². The number of anilines is 2. The number of rotatable bonds is 6. The van der Waals surface area contributed by atoms with Gasteiger partial charge >= 0.3 is 0 Å². The minimum Gasteiger partial charge on any atom is -0.395 e. The van der Waals surface area contributed by atoms with Gasteiger partial charge in [0.2, 0.25) is 11.9 Å². The van der Waals surface area contributed by atoms with Crippen LogP contribution in [0.3, 0.4) is 0 Å². The molecule has 0 fully saturated rings. The summed E-state index contributed by atoms with van der Waals surface area (Å²) in [5.74, 6) is 0.790. The van der Waals surface area contributed by atoms with Crippen molar-refractivity contribution < 1.29 is 5.11 Å². The number of nitrogens with zero attached hydrogens (tertiary/aromatic N) is 4. The van der Waals surface area contributed by atoms with Crippen LogP contribution in [0.1, 0.15) is 19.2 Å². The summed E-state index contributed by atoms with van der Waals surface area (Å²) in [6.07, 6.45) is 0.996. The van der Waals surface area contributed by atoms with Gasteiger partial charge in [-0.25, -0.2) is 0 Å². The minimum atomic E-state index is 0.107. The number of nitrogen functional groups attached to an aromatic ring is 2. The van der Waals surface area contributed by atoms with E-state index in [0.29, 0.717) is 18.9 Å². The smallest absolute Gasteiger partial charge is 0.225 e. The summed E-state index contributed by atoms with van der Waals surface area (Å²) in [4.78, 5) is 13.7. The van der Waals surface area contributed by atoms with Crippen LogP contribution in [0.5, 0.6) is 0 Å². The third-order valence-electron chi connectivity index (χ3n) is 2.04. The zero-order chi connectivity index (χ0) is 12.0. The van der Waals surface area contributed by atoms with E-state index in [1.165, 1.54) is 0 Å². The third-order valence-corrected chi connectivity index (χ3v) is 2.04. The summed E-state index contributed by atoms with van der Waals surface area (Å²) in [5, 5.41) is 8.91. The molecule has 16 heavy (non-hydrogen) atoms. The maximum Gasteiger partial charge on any atom is 0.225 e. The second kappa shape index (κ2) is 6.19. The van der Waals surface area contributed by atoms with Gasteiger partial charge in [-0.3, -0.25) is 4.90 Å². The maximum atomic E-state index is 8.91. The van der Waals surface area contributed by atoms with Gasteiger partial charge in [-0.1, -0.05) is 6.92 Å². The van der Waals surface area contributed by atoms with Crippen molar-refractivity contribution in [2.45, 2.75) is 19.9 Å². The molecule has 0 aliphatic carbocycles. The van der Waals surface area contributed by atoms with E-state index in [9.17, 15) is 0 Å². The van der Waals surface area contributed by atoms with E-state index in [2.05, 4.69) is 21.9 Å². The van der Waals surface area contributed by atoms with Gasteiger partial charge in [-0.2, -0.15) is 15.0 Å². The predicted octanol–water partition coefficient (Wildman–Crippen LogP) is -0.760. The van der Waals surface area contributed by atoms with Crippen LogP contribution in [0, 0.1) is 0 Å². The lowest BCUT2D eigenvalue weighted by molar-refractivity contribution is 0.187. The summed E-state index contributed by atoms with van der Waals surface area (Å²) in [6, 6.07) is 0. The van der Waals surface area contributed by atoms with Crippen LogP contribution >= 0.6 is 0 Å². The highest BCUT2D eigenvalue weighted by molar-refractivity contribution is 5.25. The molecule has 1 rings (SSSR count). The van der Waals surface area contributed by atoms with Crippen molar-refractivity contribution in [3.05, 3.63) is 5.82 Å². The summed E-state index contributed by atoms with van der Waals surface area (Å²) < 4.78 is 0. The Kier molecular flexibility index (Phi) is 4.87. The van der Waals surface area contributed by atoms with Crippen LogP contribution in [-0.2, 0) is 6.54 Å². The molecular weight excluding hydrogens is 208 g/mol. The molecule has 1 aromatic heterocycles. The monoisotopic (exact) mass is 226 g/mol. The molecular formula is C9H18N6O. The van der Waals surface area contributed by atoms with Crippen molar-refractivity contribution >= 4 is 11.9 Å². The lowest BCUT2D eigenvalue weighted by Crippen LogP contribution is -2.28. The first kappa shape index (κ1) is 12.6. The first-order valence-corrected chi connectivity index (χ1v) is 5.24. The van der Waals surface area contributed by atoms with Gasteiger partial charge < -0.3 is 16.6 Å². The van der Waals surface area contributed by atoms with Gasteiger partial charge in [0.1, 0.15) is 5.82 Å². The quantitative estimate of drug-likeness (QED) is 0.584. The van der Waals surface area contributed by atoms with E-state index in [0.717, 1.165) is 13.0 Å². The molecule has 0 spiro atoms. The summed E-state index contributed by atoms with van der Waals surface area (Å²) >= 11 is 0. The fraction of sp³-hybridized carbons (Fsp3) is 0.667. The second-order valence-electron chi connectivity index (χ2n) is 3.47. The van der Waals surface area contributed by atoms with Crippen LogP contribution in [0.4, 0.5) is 11.9 Å². The van der Waals surface area contributed by atoms with Crippen molar-refractivity contribution in [3.63, 3.8) is 0 Å². The molecule has 1 heterocycles. The molecule has 0 aromatic carbocycles. The number of aromatic nitrogens is 3. The molecule has 1 aromatic rings. The fourth-order valence-electron chi connectivity index (χ4n) is 1.46. The van der Waals surface area contributed by atoms with Crippen molar-refractivity contribution in [2.75, 3.05) is 31.2 Å². The average Bonchev–Trinajstić information content (AvgIpc) is 2.16. The number of hydrogen-bond acceptors (Lipinski definition) is 7. The van der Waals surface area contributed by atoms with Crippen LogP contribution in [-0.4, -0.2) is 44.7 Å². The number of hydrogen-bond donors (Lipinski definition) is 3. The largest absolute Gasteiger partial charge is 0.395 e. The topological polar surface area (TPSA) is 114 Å². The van der Waals surface area contributed by atoms with Gasteiger partial charge in [-0.15, -0.1) is 0 Å². The molecule has 0 aliphatic heterocycles. The molecule has 5 N–H and O–H groups in total. The van der Waals surface area contributed by atoms with Gasteiger partial charge in [0.05, 0.1) is 13.2 Å². The Morgan fingerprint density at radius 1 is 1.12 bits per heavy atom. The lowest BCUT2D eigenvalue weighted by atomic mass is 10.4. The molecule has 0 atom stereocenters. The van der Waals surface area contributed by atoms with E-state index in [1.54, 1.807) is 0 Å². The average molecular weight is 226 g/mol. The highest BCUT2D eigenvalue weighted by Gasteiger charge is 2.08. The predicted molar refractivity (Wildman–Crippen MR) is 61.3 cm³/mol. The first-order chi connectivity index (χ1) is 7.65. The van der Waals surface area contributed by atoms with Crippen molar-refractivity contribution in [2.24, 2.45) is 0 Å². The van der Waals surface area contributed by atoms with Gasteiger partial charge in [-0.05, 0) is 13.0 Å². The second-order valence-corrected chi connectivity index (χ2v) is 3.47. The first-order valence-electron chi connectivity index (χ1n) is 5.24. The van der Waals surface area contributed by atoms with Crippen LogP contribution < -0.4 is 11.5 Å². The maximum absolute atomic E-state index is 8.91. The zero-order valence-electron chi connectivity index (χ0n) is 9.43. The Bertz CT molecular complexity index is 306. The Hall–Kier alpha value is -1.47. The third kappa shape index (κ3) is 3.95. The summed E-state index contributed by atoms with van der Waals surface area (Å²) in [7, 11) is 0. The van der Waals surface area contributed by atoms with E-state index >= 15 is 0 Å². The molecule has 0 aliphatic rings. The van der Waals surface area contributed by atoms with Gasteiger partial charge in [0, 0.05) is 6.54 Å². The fourth-order valence-corrected chi connectivity index (χ4v) is 1.46. The Balaban J connectivity index is 2.68. The Labute approximate surface area is 94.5 Å². The molecule has 0 saturated heterocycles. The van der Waals surface area contributed by atoms with Crippen molar-refractivity contribution in [1.29, 1.82) is 0 Å². The number of aliphatic hydroxyl groups excluding tert-OH is 1. The number of aliphatic hydroxyl groups is 1. The standard InChI is InChI=1S/C9H18N6O/c1-2-3-15(4-5-16)6-7-12-8(10)14-9(11)13-7/h16H,2-6H2,1H3,(H4,10,11,12,13,14). The molecule has 7 heteroatoms. The highest BCUT2D eigenvalue weighted by atomic mass is 16.3. The molecule has 0 radical (unpaired) electrons. The molecule has 90 valence electrons. The van der Waals surface area contributed by atoms with Crippen molar-refractivity contribution in [1.82, 2.24) is 19.9 Å². The summed E-state index contributed by atoms with van der Waals surface area (Å²) in [6.45, 7) is 4.15. The SMILES string of the molecule is CCCN(CCO)Cc1nc(N)nc(N)n1. The van der Waals surface area contributed by atoms with Crippen LogP contribution in [0.25, 0.3) is 0 Å². The van der Waals surface area contributed by atoms with E-state index in [4.69, 9.17) is 16.6 Å². The lowest BCUT2D eigenvalue weighted by Gasteiger charge is -2.19. The molecule has 0 amide bonds. The van der Waals surface area contributed by atoms with Crippen molar-refractivity contribution in [3.8, 4) is 0 Å². The summed E-state index contributed by atoms with van der Waals surface area (Å²) in [5.41, 5.74) is 10.9. The highest BCUT2D eigenvalue weighted by Crippen LogP contribution is 2.03. The Morgan fingerprint density at radius 3 is 2.25 bits per heavy atom. The van der Waals surface area contributed by atoms with E-state index in [-0.39, 0.29) is 18.5 Å². The zero-order valence-corrected chi connectivity index (χ0v) is 9.43. The van der Waals surface area contributed by atoms with Gasteiger partial charge in [0.15, 0.2) is 0 Å². The normalized spacial score (nSPS) is 10.9. The van der Waals surface area contributed by atoms with E-state index < -0.39 is 0 Å². The van der Waals surface area contributed by atoms with Gasteiger partial charge in [0.25, 0.3) is 0 Å². The van der Waals surface area contributed by atoms with Crippen LogP contribution in [0.15, 0.2) is 0 Å². The molecule has 0 bridgehead atoms. The number of nitrogens with two attached hydrogens (primary N) is 2. The molecule has 7 nitrogen and oxygen atoms in total. The Morgan fingerprint density at radius 2 is 1.75 bits per heavy atom. The minimum absolute atomic E-state index is 0.107. The van der Waals surface area contributed by atoms with E-state index in [1.807, 2.05) is 4.90 Å². The molecule has 0 saturated carbocycles. The molecule has 0 unspecified atom stereocenters.